The highest BCUT2D eigenvalue weighted by Crippen LogP contribution is 2.03. The molecule has 1 aromatic rings. The zero-order chi connectivity index (χ0) is 19.5. The number of aliphatic imine (C=N–C) groups is 1. The molecule has 2 heterocycles. The van der Waals surface area contributed by atoms with Gasteiger partial charge >= 0.3 is 0 Å². The third-order valence-electron chi connectivity index (χ3n) is 5.00. The lowest BCUT2D eigenvalue weighted by molar-refractivity contribution is 0.274. The number of aromatic nitrogens is 2. The second-order valence-corrected chi connectivity index (χ2v) is 7.54. The Balaban J connectivity index is 1.64. The number of hydrogen-bond acceptors (Lipinski definition) is 4. The average molecular weight is 378 g/mol. The Kier molecular flexibility index (Phi) is 9.62. The molecule has 0 radical (unpaired) electrons. The number of aryl methyl sites for hydroxylation is 3. The molecule has 0 atom stereocenters. The van der Waals surface area contributed by atoms with Gasteiger partial charge in [0.2, 0.25) is 0 Å². The molecule has 154 valence electrons. The number of likely N-dealkylation sites (N-methyl/N-ethyl adjacent to an activating group) is 1. The average Bonchev–Trinajstić information content (AvgIpc) is 2.82. The van der Waals surface area contributed by atoms with Crippen molar-refractivity contribution in [2.45, 2.75) is 46.6 Å². The maximum atomic E-state index is 4.71. The number of nitrogens with zero attached hydrogens (tertiary/aromatic N) is 5. The summed E-state index contributed by atoms with van der Waals surface area (Å²) in [5.41, 5.74) is 2.31. The van der Waals surface area contributed by atoms with Gasteiger partial charge in [-0.25, -0.2) is 0 Å². The van der Waals surface area contributed by atoms with E-state index < -0.39 is 0 Å². The molecule has 1 saturated heterocycles. The fourth-order valence-electron chi connectivity index (χ4n) is 3.49. The lowest BCUT2D eigenvalue weighted by Gasteiger charge is -2.20. The van der Waals surface area contributed by atoms with Gasteiger partial charge in [0.1, 0.15) is 0 Å². The summed E-state index contributed by atoms with van der Waals surface area (Å²) in [5, 5.41) is 11.3. The lowest BCUT2D eigenvalue weighted by atomic mass is 10.3. The Morgan fingerprint density at radius 1 is 1.11 bits per heavy atom. The summed E-state index contributed by atoms with van der Waals surface area (Å²) in [6, 6.07) is 2.12. The molecule has 7 nitrogen and oxygen atoms in total. The van der Waals surface area contributed by atoms with Crippen LogP contribution in [0.2, 0.25) is 0 Å². The minimum atomic E-state index is 0.812. The minimum absolute atomic E-state index is 0.812. The Morgan fingerprint density at radius 3 is 2.70 bits per heavy atom. The van der Waals surface area contributed by atoms with Crippen LogP contribution in [-0.2, 0) is 6.54 Å². The van der Waals surface area contributed by atoms with Crippen molar-refractivity contribution in [3.05, 3.63) is 17.5 Å². The first-order valence-corrected chi connectivity index (χ1v) is 10.5. The highest BCUT2D eigenvalue weighted by Gasteiger charge is 2.11. The standard InChI is InChI=1S/C20H39N7/c1-5-21-20(23-10-7-14-27-19(3)17-18(2)24-27)22-9-6-12-26-13-8-11-25(4)15-16-26/h17H,5-16H2,1-4H3,(H2,21,22,23). The van der Waals surface area contributed by atoms with Crippen LogP contribution in [0.4, 0.5) is 0 Å². The van der Waals surface area contributed by atoms with Crippen LogP contribution in [0.1, 0.15) is 37.6 Å². The predicted molar refractivity (Wildman–Crippen MR) is 113 cm³/mol. The molecule has 1 aromatic heterocycles. The molecule has 0 aliphatic carbocycles. The van der Waals surface area contributed by atoms with Gasteiger partial charge in [-0.05, 0) is 72.8 Å². The van der Waals surface area contributed by atoms with Gasteiger partial charge in [0, 0.05) is 45.0 Å². The molecular weight excluding hydrogens is 338 g/mol. The van der Waals surface area contributed by atoms with Crippen LogP contribution < -0.4 is 10.6 Å². The first kappa shape index (κ1) is 21.7. The molecule has 2 rings (SSSR count). The van der Waals surface area contributed by atoms with Crippen LogP contribution in [0, 0.1) is 13.8 Å². The quantitative estimate of drug-likeness (QED) is 0.388. The van der Waals surface area contributed by atoms with Crippen LogP contribution in [0.15, 0.2) is 11.1 Å². The maximum Gasteiger partial charge on any atom is 0.191 e. The van der Waals surface area contributed by atoms with Crippen molar-refractivity contribution in [3.8, 4) is 0 Å². The summed E-state index contributed by atoms with van der Waals surface area (Å²) in [7, 11) is 2.22. The minimum Gasteiger partial charge on any atom is -0.357 e. The number of guanidine groups is 1. The largest absolute Gasteiger partial charge is 0.357 e. The zero-order valence-corrected chi connectivity index (χ0v) is 17.8. The fourth-order valence-corrected chi connectivity index (χ4v) is 3.49. The Morgan fingerprint density at radius 2 is 1.96 bits per heavy atom. The molecule has 1 aliphatic rings. The first-order valence-electron chi connectivity index (χ1n) is 10.5. The highest BCUT2D eigenvalue weighted by atomic mass is 15.3. The van der Waals surface area contributed by atoms with Crippen LogP contribution in [0.3, 0.4) is 0 Å². The van der Waals surface area contributed by atoms with Crippen molar-refractivity contribution in [3.63, 3.8) is 0 Å². The third-order valence-corrected chi connectivity index (χ3v) is 5.00. The molecule has 1 fully saturated rings. The van der Waals surface area contributed by atoms with Gasteiger partial charge in [-0.1, -0.05) is 0 Å². The van der Waals surface area contributed by atoms with E-state index in [1.165, 1.54) is 38.3 Å². The van der Waals surface area contributed by atoms with Crippen molar-refractivity contribution >= 4 is 5.96 Å². The van der Waals surface area contributed by atoms with Gasteiger partial charge in [0.05, 0.1) is 5.69 Å². The summed E-state index contributed by atoms with van der Waals surface area (Å²) in [5.74, 6) is 0.932. The number of nitrogens with one attached hydrogen (secondary N) is 2. The molecular formula is C20H39N7. The van der Waals surface area contributed by atoms with Gasteiger partial charge in [-0.15, -0.1) is 0 Å². The normalized spacial score (nSPS) is 17.1. The molecule has 0 aromatic carbocycles. The molecule has 0 bridgehead atoms. The Hall–Kier alpha value is -1.60. The van der Waals surface area contributed by atoms with Gasteiger partial charge in [0.15, 0.2) is 5.96 Å². The van der Waals surface area contributed by atoms with Crippen molar-refractivity contribution in [2.75, 3.05) is 59.4 Å². The van der Waals surface area contributed by atoms with E-state index in [9.17, 15) is 0 Å². The van der Waals surface area contributed by atoms with E-state index in [1.54, 1.807) is 0 Å². The van der Waals surface area contributed by atoms with Crippen molar-refractivity contribution in [2.24, 2.45) is 4.99 Å². The van der Waals surface area contributed by atoms with Crippen molar-refractivity contribution in [1.82, 2.24) is 30.2 Å². The topological polar surface area (TPSA) is 60.7 Å². The molecule has 0 unspecified atom stereocenters. The van der Waals surface area contributed by atoms with Crippen molar-refractivity contribution < 1.29 is 0 Å². The molecule has 7 heteroatoms. The Bertz CT molecular complexity index is 567. The van der Waals surface area contributed by atoms with E-state index in [-0.39, 0.29) is 0 Å². The van der Waals surface area contributed by atoms with E-state index >= 15 is 0 Å². The van der Waals surface area contributed by atoms with E-state index in [4.69, 9.17) is 4.99 Å². The SMILES string of the molecule is CCNC(=NCCCn1nc(C)cc1C)NCCCN1CCCN(C)CC1. The molecule has 0 spiro atoms. The van der Waals surface area contributed by atoms with Gasteiger partial charge in [-0.3, -0.25) is 9.67 Å². The molecule has 2 N–H and O–H groups in total. The molecule has 1 aliphatic heterocycles. The molecule has 0 saturated carbocycles. The van der Waals surface area contributed by atoms with Crippen LogP contribution >= 0.6 is 0 Å². The van der Waals surface area contributed by atoms with Crippen molar-refractivity contribution in [1.29, 1.82) is 0 Å². The second kappa shape index (κ2) is 12.0. The number of rotatable bonds is 9. The maximum absolute atomic E-state index is 4.71. The van der Waals surface area contributed by atoms with Crippen LogP contribution in [0.5, 0.6) is 0 Å². The first-order chi connectivity index (χ1) is 13.1. The lowest BCUT2D eigenvalue weighted by Crippen LogP contribution is -2.39. The molecule has 0 amide bonds. The second-order valence-electron chi connectivity index (χ2n) is 7.54. The van der Waals surface area contributed by atoms with E-state index in [0.717, 1.165) is 57.2 Å². The van der Waals surface area contributed by atoms with E-state index in [0.29, 0.717) is 0 Å². The summed E-state index contributed by atoms with van der Waals surface area (Å²) >= 11 is 0. The summed E-state index contributed by atoms with van der Waals surface area (Å²) < 4.78 is 2.07. The van der Waals surface area contributed by atoms with E-state index in [1.807, 2.05) is 6.92 Å². The van der Waals surface area contributed by atoms with Gasteiger partial charge < -0.3 is 20.4 Å². The van der Waals surface area contributed by atoms with Crippen LogP contribution in [0.25, 0.3) is 0 Å². The smallest absolute Gasteiger partial charge is 0.191 e. The summed E-state index contributed by atoms with van der Waals surface area (Å²) in [6.45, 7) is 15.8. The fraction of sp³-hybridized carbons (Fsp3) is 0.800. The third kappa shape index (κ3) is 8.30. The number of hydrogen-bond donors (Lipinski definition) is 2. The Labute approximate surface area is 165 Å². The monoisotopic (exact) mass is 377 g/mol. The van der Waals surface area contributed by atoms with Gasteiger partial charge in [-0.2, -0.15) is 5.10 Å². The highest BCUT2D eigenvalue weighted by molar-refractivity contribution is 5.79. The van der Waals surface area contributed by atoms with E-state index in [2.05, 4.69) is 57.2 Å². The predicted octanol–water partition coefficient (Wildman–Crippen LogP) is 1.47. The summed E-state index contributed by atoms with van der Waals surface area (Å²) in [6.07, 6.45) is 3.43. The zero-order valence-electron chi connectivity index (χ0n) is 17.8. The van der Waals surface area contributed by atoms with Gasteiger partial charge in [0.25, 0.3) is 0 Å². The molecule has 27 heavy (non-hydrogen) atoms. The summed E-state index contributed by atoms with van der Waals surface area (Å²) in [4.78, 5) is 9.73. The van der Waals surface area contributed by atoms with Crippen LogP contribution in [-0.4, -0.2) is 84.9 Å².